The molecule has 0 saturated carbocycles. The van der Waals surface area contributed by atoms with E-state index in [1.807, 2.05) is 30.3 Å². The van der Waals surface area contributed by atoms with Crippen molar-refractivity contribution in [1.29, 1.82) is 0 Å². The Hall–Kier alpha value is -6.10. The second-order valence-electron chi connectivity index (χ2n) is 17.3. The van der Waals surface area contributed by atoms with Gasteiger partial charge in [0.2, 0.25) is 0 Å². The Bertz CT molecular complexity index is 2340. The summed E-state index contributed by atoms with van der Waals surface area (Å²) in [7, 11) is 1.43. The van der Waals surface area contributed by atoms with Crippen molar-refractivity contribution in [2.24, 2.45) is 28.8 Å². The largest absolute Gasteiger partial charge is 0.507 e. The third kappa shape index (κ3) is 11.3. The number of unbranched alkanes of at least 4 members (excludes halogenated alkanes) is 3. The molecule has 0 spiro atoms. The standard InChI is InChI=1S/C50H64N2O14/c1-27-18-17-19-28(2)49(60)52-40-35(26-51-64-24-16-11-10-15-23-62-34-20-13-12-14-21-34)44(57)37-38(45(40)58)43(56)32(6)47-39(37)48(59)50(8,66-47)63-25-22-36(61-9)29(3)46(65-33(7)53)31(5)42(55)30(4)41(27)54/h12-14,17-22,25-27,29-31,36,41-42,46,54-58H,10-11,15-16,23-24H2,1-9H3,(H,52,60)/b18-17-,25-22-,28-19-,51-26+/t27-,29+,30+,31+,36-,41-,42+,46+,50-/m0/s1. The average molecular weight is 917 g/mol. The zero-order chi connectivity index (χ0) is 48.5. The van der Waals surface area contributed by atoms with Crippen LogP contribution >= 0.6 is 0 Å². The molecular formula is C50H64N2O14. The molecule has 0 aliphatic carbocycles. The van der Waals surface area contributed by atoms with Crippen LogP contribution in [0, 0.1) is 30.6 Å². The lowest BCUT2D eigenvalue weighted by Gasteiger charge is -2.38. The topological polar surface area (TPSA) is 232 Å². The van der Waals surface area contributed by atoms with Crippen molar-refractivity contribution >= 4 is 40.3 Å². The molecule has 5 bridgehead atoms. The second-order valence-corrected chi connectivity index (χ2v) is 17.3. The number of benzene rings is 3. The number of nitrogens with zero attached hydrogens (tertiary/aromatic N) is 1. The number of Topliss-reactive ketones (excluding diaryl/α,β-unsaturated/α-hetero) is 1. The molecule has 0 fully saturated rings. The van der Waals surface area contributed by atoms with Crippen LogP contribution in [0.3, 0.4) is 0 Å². The van der Waals surface area contributed by atoms with E-state index in [1.54, 1.807) is 39.8 Å². The number of carbonyl (C=O) groups excluding carboxylic acids is 3. The van der Waals surface area contributed by atoms with Crippen molar-refractivity contribution in [3.05, 3.63) is 83.2 Å². The monoisotopic (exact) mass is 916 g/mol. The van der Waals surface area contributed by atoms with E-state index in [1.165, 1.54) is 53.2 Å². The summed E-state index contributed by atoms with van der Waals surface area (Å²) in [5, 5.41) is 64.5. The molecule has 0 saturated heterocycles. The number of hydrogen-bond acceptors (Lipinski definition) is 15. The fraction of sp³-hybridized carbons (Fsp3) is 0.480. The lowest BCUT2D eigenvalue weighted by Crippen LogP contribution is -2.46. The highest BCUT2D eigenvalue weighted by atomic mass is 16.7. The molecule has 6 N–H and O–H groups in total. The van der Waals surface area contributed by atoms with Gasteiger partial charge in [0, 0.05) is 61.2 Å². The van der Waals surface area contributed by atoms with Crippen molar-refractivity contribution in [3.8, 4) is 28.7 Å². The van der Waals surface area contributed by atoms with Crippen LogP contribution in [0.15, 0.2) is 71.6 Å². The summed E-state index contributed by atoms with van der Waals surface area (Å²) in [6.07, 6.45) is 7.70. The molecule has 3 aliphatic rings. The van der Waals surface area contributed by atoms with Gasteiger partial charge in [-0.3, -0.25) is 14.4 Å². The van der Waals surface area contributed by atoms with Gasteiger partial charge in [-0.15, -0.1) is 0 Å². The van der Waals surface area contributed by atoms with E-state index in [0.29, 0.717) is 13.0 Å². The maximum absolute atomic E-state index is 14.5. The van der Waals surface area contributed by atoms with E-state index < -0.39 is 88.8 Å². The summed E-state index contributed by atoms with van der Waals surface area (Å²) in [6.45, 7) is 13.2. The van der Waals surface area contributed by atoms with Crippen LogP contribution in [-0.4, -0.2) is 99.9 Å². The van der Waals surface area contributed by atoms with Gasteiger partial charge < -0.3 is 59.4 Å². The number of aromatic hydroxyl groups is 3. The van der Waals surface area contributed by atoms with Crippen LogP contribution < -0.4 is 14.8 Å². The molecule has 3 heterocycles. The number of hydrogen-bond donors (Lipinski definition) is 6. The number of ketones is 1. The maximum Gasteiger partial charge on any atom is 0.312 e. The molecule has 1 amide bonds. The molecule has 16 heteroatoms. The normalized spacial score (nSPS) is 28.0. The van der Waals surface area contributed by atoms with E-state index in [0.717, 1.165) is 31.2 Å². The Morgan fingerprint density at radius 3 is 2.23 bits per heavy atom. The number of oxime groups is 1. The number of aliphatic hydroxyl groups is 2. The van der Waals surface area contributed by atoms with Crippen molar-refractivity contribution in [3.63, 3.8) is 0 Å². The molecule has 3 aliphatic heterocycles. The quantitative estimate of drug-likeness (QED) is 0.0255. The number of phenols is 3. The number of methoxy groups -OCH3 is 1. The molecule has 3 aromatic rings. The fourth-order valence-electron chi connectivity index (χ4n) is 8.34. The number of rotatable bonds is 12. The van der Waals surface area contributed by atoms with Crippen LogP contribution in [0.5, 0.6) is 28.7 Å². The van der Waals surface area contributed by atoms with Crippen LogP contribution in [-0.2, 0) is 28.6 Å². The van der Waals surface area contributed by atoms with Gasteiger partial charge in [-0.25, -0.2) is 0 Å². The van der Waals surface area contributed by atoms with E-state index in [2.05, 4.69) is 10.5 Å². The summed E-state index contributed by atoms with van der Waals surface area (Å²) in [5.41, 5.74) is -0.625. The summed E-state index contributed by atoms with van der Waals surface area (Å²) in [4.78, 5) is 46.2. The van der Waals surface area contributed by atoms with Crippen LogP contribution in [0.1, 0.15) is 95.6 Å². The minimum atomic E-state index is -2.07. The van der Waals surface area contributed by atoms with E-state index in [9.17, 15) is 39.9 Å². The van der Waals surface area contributed by atoms with E-state index in [4.69, 9.17) is 28.5 Å². The molecular weight excluding hydrogens is 853 g/mol. The highest BCUT2D eigenvalue weighted by Gasteiger charge is 2.50. The Balaban J connectivity index is 1.54. The van der Waals surface area contributed by atoms with Gasteiger partial charge in [-0.1, -0.05) is 69.3 Å². The number of carbonyl (C=O) groups is 3. The molecule has 0 unspecified atom stereocenters. The molecule has 0 aromatic heterocycles. The first-order valence-electron chi connectivity index (χ1n) is 22.3. The molecule has 66 heavy (non-hydrogen) atoms. The smallest absolute Gasteiger partial charge is 0.312 e. The van der Waals surface area contributed by atoms with Gasteiger partial charge in [-0.2, -0.15) is 0 Å². The summed E-state index contributed by atoms with van der Waals surface area (Å²) < 4.78 is 29.4. The van der Waals surface area contributed by atoms with Gasteiger partial charge in [0.1, 0.15) is 35.7 Å². The van der Waals surface area contributed by atoms with E-state index >= 15 is 0 Å². The second kappa shape index (κ2) is 22.4. The van der Waals surface area contributed by atoms with Crippen LogP contribution in [0.2, 0.25) is 0 Å². The minimum absolute atomic E-state index is 0.0305. The average Bonchev–Trinajstić information content (AvgIpc) is 3.56. The molecule has 9 atom stereocenters. The van der Waals surface area contributed by atoms with Gasteiger partial charge in [0.05, 0.1) is 59.6 Å². The maximum atomic E-state index is 14.5. The van der Waals surface area contributed by atoms with Crippen LogP contribution in [0.4, 0.5) is 5.69 Å². The van der Waals surface area contributed by atoms with Gasteiger partial charge in [-0.05, 0) is 57.7 Å². The zero-order valence-corrected chi connectivity index (χ0v) is 39.1. The highest BCUT2D eigenvalue weighted by molar-refractivity contribution is 6.23. The number of aliphatic hydroxyl groups excluding tert-OH is 2. The Kier molecular flexibility index (Phi) is 17.3. The number of allylic oxidation sites excluding steroid dienone is 2. The fourth-order valence-corrected chi connectivity index (χ4v) is 8.34. The molecule has 358 valence electrons. The van der Waals surface area contributed by atoms with Crippen molar-refractivity contribution in [1.82, 2.24) is 0 Å². The van der Waals surface area contributed by atoms with E-state index in [-0.39, 0.29) is 51.1 Å². The third-order valence-electron chi connectivity index (χ3n) is 12.4. The number of phenolic OH excluding ortho intramolecular Hbond substituents is 3. The number of fused-ring (bicyclic) bond motifs is 14. The number of anilines is 1. The minimum Gasteiger partial charge on any atom is -0.507 e. The first-order valence-corrected chi connectivity index (χ1v) is 22.3. The summed E-state index contributed by atoms with van der Waals surface area (Å²) in [6, 6.07) is 9.54. The number of esters is 1. The number of ether oxygens (including phenoxy) is 5. The molecule has 0 radical (unpaired) electrons. The Labute approximate surface area is 385 Å². The lowest BCUT2D eigenvalue weighted by atomic mass is 9.78. The Morgan fingerprint density at radius 2 is 1.56 bits per heavy atom. The van der Waals surface area contributed by atoms with Crippen molar-refractivity contribution in [2.75, 3.05) is 25.6 Å². The number of para-hydroxylation sites is 1. The predicted molar refractivity (Wildman–Crippen MR) is 248 cm³/mol. The molecule has 3 aromatic carbocycles. The third-order valence-corrected chi connectivity index (χ3v) is 12.4. The number of nitrogens with one attached hydrogen (secondary N) is 1. The van der Waals surface area contributed by atoms with Crippen molar-refractivity contribution in [2.45, 2.75) is 111 Å². The van der Waals surface area contributed by atoms with Gasteiger partial charge in [0.25, 0.3) is 11.7 Å². The van der Waals surface area contributed by atoms with Gasteiger partial charge >= 0.3 is 11.8 Å². The highest BCUT2D eigenvalue weighted by Crippen LogP contribution is 2.55. The SMILES string of the molecule is CO[C@H]1/C=C\O[C@@]2(C)Oc3c(C)c(O)c4c(O)c(c(/C=N/OCCCCCCOc5ccccc5)c(O)c4c3C2=O)NC(=O)/C(C)=C\C=C/[C@H](C)[C@H](O)[C@@H](C)[C@@H](O)[C@@H](C)[C@H](OC(C)=O)[C@@H]1C. The van der Waals surface area contributed by atoms with Gasteiger partial charge in [0.15, 0.2) is 5.75 Å². The first kappa shape index (κ1) is 50.9. The molecule has 6 rings (SSSR count). The first-order chi connectivity index (χ1) is 31.3. The van der Waals surface area contributed by atoms with Crippen LogP contribution in [0.25, 0.3) is 10.8 Å². The lowest BCUT2D eigenvalue weighted by molar-refractivity contribution is -0.160. The zero-order valence-electron chi connectivity index (χ0n) is 39.1. The Morgan fingerprint density at radius 1 is 0.879 bits per heavy atom. The summed E-state index contributed by atoms with van der Waals surface area (Å²) >= 11 is 0. The molecule has 16 nitrogen and oxygen atoms in total. The number of amides is 1. The summed E-state index contributed by atoms with van der Waals surface area (Å²) in [5.74, 6) is -7.89. The van der Waals surface area contributed by atoms with Crippen molar-refractivity contribution < 1.29 is 68.4 Å². The predicted octanol–water partition coefficient (Wildman–Crippen LogP) is 7.74.